The number of rotatable bonds is 5. The molecule has 0 aliphatic heterocycles. The first-order chi connectivity index (χ1) is 10.0. The van der Waals surface area contributed by atoms with E-state index < -0.39 is 0 Å². The SMILES string of the molecule is Cc1n[nH]c(C)c1CC(=O)N[C@@H](C)c1nc(C2CC2)no1. The summed E-state index contributed by atoms with van der Waals surface area (Å²) in [6.45, 7) is 5.64. The second-order valence-electron chi connectivity index (χ2n) is 5.64. The van der Waals surface area contributed by atoms with Gasteiger partial charge < -0.3 is 9.84 Å². The van der Waals surface area contributed by atoms with E-state index in [9.17, 15) is 4.79 Å². The molecule has 0 unspecified atom stereocenters. The third-order valence-electron chi connectivity index (χ3n) is 3.77. The molecule has 2 aromatic rings. The molecule has 0 bridgehead atoms. The normalized spacial score (nSPS) is 16.0. The molecule has 0 aromatic carbocycles. The van der Waals surface area contributed by atoms with Gasteiger partial charge >= 0.3 is 0 Å². The van der Waals surface area contributed by atoms with Gasteiger partial charge in [0.25, 0.3) is 0 Å². The highest BCUT2D eigenvalue weighted by Crippen LogP contribution is 2.38. The van der Waals surface area contributed by atoms with Gasteiger partial charge in [-0.15, -0.1) is 0 Å². The third-order valence-corrected chi connectivity index (χ3v) is 3.77. The Bertz CT molecular complexity index is 637. The van der Waals surface area contributed by atoms with Crippen LogP contribution in [0.25, 0.3) is 0 Å². The summed E-state index contributed by atoms with van der Waals surface area (Å²) < 4.78 is 5.22. The van der Waals surface area contributed by atoms with Gasteiger partial charge in [0.05, 0.1) is 12.1 Å². The van der Waals surface area contributed by atoms with Crippen LogP contribution in [-0.4, -0.2) is 26.2 Å². The van der Waals surface area contributed by atoms with Crippen LogP contribution in [0.5, 0.6) is 0 Å². The number of amides is 1. The molecule has 1 atom stereocenters. The molecule has 2 heterocycles. The molecule has 112 valence electrons. The molecule has 2 aromatic heterocycles. The van der Waals surface area contributed by atoms with Gasteiger partial charge in [-0.05, 0) is 33.6 Å². The molecule has 0 saturated heterocycles. The van der Waals surface area contributed by atoms with Crippen LogP contribution >= 0.6 is 0 Å². The van der Waals surface area contributed by atoms with Crippen LogP contribution < -0.4 is 5.32 Å². The highest BCUT2D eigenvalue weighted by atomic mass is 16.5. The van der Waals surface area contributed by atoms with Crippen molar-refractivity contribution in [3.63, 3.8) is 0 Å². The van der Waals surface area contributed by atoms with Crippen molar-refractivity contribution in [2.24, 2.45) is 0 Å². The summed E-state index contributed by atoms with van der Waals surface area (Å²) in [6, 6.07) is -0.287. The van der Waals surface area contributed by atoms with Gasteiger partial charge in [-0.2, -0.15) is 10.1 Å². The predicted molar refractivity (Wildman–Crippen MR) is 74.6 cm³/mol. The van der Waals surface area contributed by atoms with Crippen LogP contribution in [0.2, 0.25) is 0 Å². The van der Waals surface area contributed by atoms with Gasteiger partial charge in [-0.1, -0.05) is 5.16 Å². The molecule has 1 amide bonds. The monoisotopic (exact) mass is 289 g/mol. The van der Waals surface area contributed by atoms with Crippen molar-refractivity contribution in [2.75, 3.05) is 0 Å². The minimum Gasteiger partial charge on any atom is -0.344 e. The Kier molecular flexibility index (Phi) is 3.48. The maximum absolute atomic E-state index is 12.1. The summed E-state index contributed by atoms with van der Waals surface area (Å²) in [5.74, 6) is 1.58. The van der Waals surface area contributed by atoms with Gasteiger partial charge in [0.15, 0.2) is 5.82 Å². The van der Waals surface area contributed by atoms with Crippen molar-refractivity contribution >= 4 is 5.91 Å². The molecular formula is C14H19N5O2. The topological polar surface area (TPSA) is 96.7 Å². The minimum atomic E-state index is -0.287. The predicted octanol–water partition coefficient (Wildman–Crippen LogP) is 1.71. The van der Waals surface area contributed by atoms with Crippen LogP contribution in [0.3, 0.4) is 0 Å². The fourth-order valence-electron chi connectivity index (χ4n) is 2.28. The van der Waals surface area contributed by atoms with Crippen LogP contribution in [0, 0.1) is 13.8 Å². The summed E-state index contributed by atoms with van der Waals surface area (Å²) in [5, 5.41) is 13.8. The Labute approximate surface area is 122 Å². The highest BCUT2D eigenvalue weighted by Gasteiger charge is 2.29. The first-order valence-electron chi connectivity index (χ1n) is 7.18. The second kappa shape index (κ2) is 5.31. The maximum Gasteiger partial charge on any atom is 0.248 e. The lowest BCUT2D eigenvalue weighted by Gasteiger charge is -2.09. The van der Waals surface area contributed by atoms with E-state index >= 15 is 0 Å². The van der Waals surface area contributed by atoms with E-state index in [1.54, 1.807) is 0 Å². The summed E-state index contributed by atoms with van der Waals surface area (Å²) in [7, 11) is 0. The molecule has 1 saturated carbocycles. The Hall–Kier alpha value is -2.18. The van der Waals surface area contributed by atoms with Crippen LogP contribution in [0.1, 0.15) is 60.4 Å². The number of hydrogen-bond donors (Lipinski definition) is 2. The number of hydrogen-bond acceptors (Lipinski definition) is 5. The van der Waals surface area contributed by atoms with Gasteiger partial charge in [-0.25, -0.2) is 0 Å². The zero-order valence-corrected chi connectivity index (χ0v) is 12.4. The van der Waals surface area contributed by atoms with Crippen molar-refractivity contribution < 1.29 is 9.32 Å². The largest absolute Gasteiger partial charge is 0.344 e. The van der Waals surface area contributed by atoms with Crippen molar-refractivity contribution in [1.82, 2.24) is 25.7 Å². The van der Waals surface area contributed by atoms with Crippen molar-refractivity contribution in [2.45, 2.75) is 52.0 Å². The Balaban J connectivity index is 1.60. The molecule has 21 heavy (non-hydrogen) atoms. The summed E-state index contributed by atoms with van der Waals surface area (Å²) in [6.07, 6.45) is 2.54. The van der Waals surface area contributed by atoms with Crippen molar-refractivity contribution in [3.8, 4) is 0 Å². The standard InChI is InChI=1S/C14H19N5O2/c1-7-11(8(2)18-17-7)6-12(20)15-9(3)14-16-13(19-21-14)10-4-5-10/h9-10H,4-6H2,1-3H3,(H,15,20)(H,17,18)/t9-/m0/s1. The Morgan fingerprint density at radius 3 is 2.86 bits per heavy atom. The van der Waals surface area contributed by atoms with Crippen molar-refractivity contribution in [3.05, 3.63) is 28.7 Å². The number of nitrogens with one attached hydrogen (secondary N) is 2. The molecule has 0 spiro atoms. The smallest absolute Gasteiger partial charge is 0.248 e. The molecule has 1 aliphatic rings. The Morgan fingerprint density at radius 1 is 1.48 bits per heavy atom. The quantitative estimate of drug-likeness (QED) is 0.873. The van der Waals surface area contributed by atoms with Gasteiger partial charge in [-0.3, -0.25) is 9.89 Å². The van der Waals surface area contributed by atoms with Crippen LogP contribution in [0.15, 0.2) is 4.52 Å². The van der Waals surface area contributed by atoms with Gasteiger partial charge in [0.1, 0.15) is 6.04 Å². The number of aromatic nitrogens is 4. The van der Waals surface area contributed by atoms with E-state index in [1.807, 2.05) is 20.8 Å². The molecule has 2 N–H and O–H groups in total. The molecular weight excluding hydrogens is 270 g/mol. The van der Waals surface area contributed by atoms with Crippen LogP contribution in [-0.2, 0) is 11.2 Å². The average molecular weight is 289 g/mol. The fourth-order valence-corrected chi connectivity index (χ4v) is 2.28. The van der Waals surface area contributed by atoms with Gasteiger partial charge in [0, 0.05) is 17.2 Å². The average Bonchev–Trinajstić information content (AvgIpc) is 3.10. The molecule has 7 nitrogen and oxygen atoms in total. The maximum atomic E-state index is 12.1. The van der Waals surface area contributed by atoms with E-state index in [-0.39, 0.29) is 11.9 Å². The summed E-state index contributed by atoms with van der Waals surface area (Å²) in [5.41, 5.74) is 2.71. The molecule has 3 rings (SSSR count). The Morgan fingerprint density at radius 2 is 2.24 bits per heavy atom. The number of carbonyl (C=O) groups is 1. The van der Waals surface area contributed by atoms with Crippen LogP contribution in [0.4, 0.5) is 0 Å². The molecule has 7 heteroatoms. The zero-order valence-electron chi connectivity index (χ0n) is 12.4. The summed E-state index contributed by atoms with van der Waals surface area (Å²) >= 11 is 0. The van der Waals surface area contributed by atoms with Crippen molar-refractivity contribution in [1.29, 1.82) is 0 Å². The zero-order chi connectivity index (χ0) is 15.0. The first kappa shape index (κ1) is 13.8. The summed E-state index contributed by atoms with van der Waals surface area (Å²) in [4.78, 5) is 16.5. The number of aromatic amines is 1. The highest BCUT2D eigenvalue weighted by molar-refractivity contribution is 5.79. The third kappa shape index (κ3) is 2.96. The lowest BCUT2D eigenvalue weighted by atomic mass is 10.1. The van der Waals surface area contributed by atoms with E-state index in [0.29, 0.717) is 18.2 Å². The first-order valence-corrected chi connectivity index (χ1v) is 7.18. The fraction of sp³-hybridized carbons (Fsp3) is 0.571. The number of aryl methyl sites for hydroxylation is 2. The number of H-pyrrole nitrogens is 1. The number of nitrogens with zero attached hydrogens (tertiary/aromatic N) is 3. The lowest BCUT2D eigenvalue weighted by Crippen LogP contribution is -2.28. The molecule has 0 radical (unpaired) electrons. The molecule has 1 aliphatic carbocycles. The number of carbonyl (C=O) groups excluding carboxylic acids is 1. The van der Waals surface area contributed by atoms with E-state index in [4.69, 9.17) is 4.52 Å². The minimum absolute atomic E-state index is 0.0822. The lowest BCUT2D eigenvalue weighted by molar-refractivity contribution is -0.121. The van der Waals surface area contributed by atoms with E-state index in [1.165, 1.54) is 0 Å². The van der Waals surface area contributed by atoms with E-state index in [0.717, 1.165) is 35.6 Å². The van der Waals surface area contributed by atoms with E-state index in [2.05, 4.69) is 25.7 Å². The molecule has 1 fully saturated rings. The second-order valence-corrected chi connectivity index (χ2v) is 5.64. The van der Waals surface area contributed by atoms with Gasteiger partial charge in [0.2, 0.25) is 11.8 Å².